The number of hydrogen-bond donors (Lipinski definition) is 0. The molecule has 210 valence electrons. The summed E-state index contributed by atoms with van der Waals surface area (Å²) in [7, 11) is 0. The molecule has 3 aromatic carbocycles. The third kappa shape index (κ3) is 7.73. The lowest BCUT2D eigenvalue weighted by molar-refractivity contribution is 0.221. The fourth-order valence-electron chi connectivity index (χ4n) is 6.05. The Kier molecular flexibility index (Phi) is 10.4. The zero-order valence-corrected chi connectivity index (χ0v) is 24.6. The van der Waals surface area contributed by atoms with Gasteiger partial charge in [-0.3, -0.25) is 4.90 Å². The SMILES string of the molecule is N#CC(C#N)=C1N(CCSCc2cccc(CN3CCCCC3)c2)CCN1C(Cc1ccccc1)c1ccccc1. The van der Waals surface area contributed by atoms with Gasteiger partial charge in [0.2, 0.25) is 0 Å². The fourth-order valence-corrected chi connectivity index (χ4v) is 6.96. The first-order valence-electron chi connectivity index (χ1n) is 14.8. The Hall–Kier alpha value is -3.71. The Labute approximate surface area is 249 Å². The molecular formula is C35H39N5S. The molecule has 2 aliphatic heterocycles. The monoisotopic (exact) mass is 561 g/mol. The van der Waals surface area contributed by atoms with Crippen LogP contribution in [0.1, 0.15) is 47.6 Å². The van der Waals surface area contributed by atoms with Crippen molar-refractivity contribution in [3.63, 3.8) is 0 Å². The minimum atomic E-state index is 0.0468. The van der Waals surface area contributed by atoms with Crippen LogP contribution < -0.4 is 0 Å². The Morgan fingerprint density at radius 3 is 2.17 bits per heavy atom. The average molecular weight is 562 g/mol. The van der Waals surface area contributed by atoms with Gasteiger partial charge in [0, 0.05) is 37.7 Å². The van der Waals surface area contributed by atoms with E-state index in [1.54, 1.807) is 0 Å². The molecule has 0 aliphatic carbocycles. The van der Waals surface area contributed by atoms with Gasteiger partial charge < -0.3 is 9.80 Å². The first-order valence-corrected chi connectivity index (χ1v) is 15.9. The number of allylic oxidation sites excluding steroid dienone is 1. The lowest BCUT2D eigenvalue weighted by Crippen LogP contribution is -2.31. The zero-order chi connectivity index (χ0) is 28.3. The highest BCUT2D eigenvalue weighted by Gasteiger charge is 2.34. The second-order valence-corrected chi connectivity index (χ2v) is 12.0. The molecule has 0 bridgehead atoms. The van der Waals surface area contributed by atoms with Crippen molar-refractivity contribution in [2.24, 2.45) is 0 Å². The van der Waals surface area contributed by atoms with Gasteiger partial charge in [-0.05, 0) is 54.6 Å². The van der Waals surface area contributed by atoms with Crippen LogP contribution in [0.2, 0.25) is 0 Å². The lowest BCUT2D eigenvalue weighted by atomic mass is 9.97. The smallest absolute Gasteiger partial charge is 0.169 e. The maximum absolute atomic E-state index is 9.94. The molecular weight excluding hydrogens is 522 g/mol. The lowest BCUT2D eigenvalue weighted by Gasteiger charge is -2.33. The molecule has 2 saturated heterocycles. The third-order valence-corrected chi connectivity index (χ3v) is 9.09. The van der Waals surface area contributed by atoms with Crippen LogP contribution >= 0.6 is 11.8 Å². The van der Waals surface area contributed by atoms with E-state index in [1.807, 2.05) is 23.9 Å². The van der Waals surface area contributed by atoms with Crippen LogP contribution in [0.15, 0.2) is 96.3 Å². The summed E-state index contributed by atoms with van der Waals surface area (Å²) in [5.74, 6) is 2.69. The molecule has 41 heavy (non-hydrogen) atoms. The number of nitrogens with zero attached hydrogens (tertiary/aromatic N) is 5. The average Bonchev–Trinajstić information content (AvgIpc) is 3.43. The minimum Gasteiger partial charge on any atom is -0.354 e. The first kappa shape index (κ1) is 28.8. The van der Waals surface area contributed by atoms with Gasteiger partial charge in [-0.2, -0.15) is 22.3 Å². The molecule has 0 N–H and O–H groups in total. The van der Waals surface area contributed by atoms with Crippen LogP contribution in [0.25, 0.3) is 0 Å². The fraction of sp³-hybridized carbons (Fsp3) is 0.371. The highest BCUT2D eigenvalue weighted by atomic mass is 32.2. The normalized spacial score (nSPS) is 16.3. The van der Waals surface area contributed by atoms with Crippen molar-refractivity contribution in [1.82, 2.24) is 14.7 Å². The van der Waals surface area contributed by atoms with E-state index in [9.17, 15) is 10.5 Å². The van der Waals surface area contributed by atoms with Gasteiger partial charge in [0.25, 0.3) is 0 Å². The van der Waals surface area contributed by atoms with E-state index in [1.165, 1.54) is 54.6 Å². The molecule has 1 atom stereocenters. The van der Waals surface area contributed by atoms with Gasteiger partial charge in [0.15, 0.2) is 5.57 Å². The van der Waals surface area contributed by atoms with E-state index in [2.05, 4.69) is 99.6 Å². The largest absolute Gasteiger partial charge is 0.354 e. The summed E-state index contributed by atoms with van der Waals surface area (Å²) in [6.07, 6.45) is 4.81. The summed E-state index contributed by atoms with van der Waals surface area (Å²) in [5, 5.41) is 19.9. The predicted octanol–water partition coefficient (Wildman–Crippen LogP) is 6.77. The van der Waals surface area contributed by atoms with E-state index in [0.717, 1.165) is 49.9 Å². The number of likely N-dealkylation sites (tertiary alicyclic amines) is 1. The summed E-state index contributed by atoms with van der Waals surface area (Å²) in [6, 6.07) is 34.5. The van der Waals surface area contributed by atoms with E-state index in [0.29, 0.717) is 0 Å². The molecule has 0 amide bonds. The molecule has 5 rings (SSSR count). The molecule has 1 unspecified atom stereocenters. The summed E-state index contributed by atoms with van der Waals surface area (Å²) >= 11 is 1.92. The maximum atomic E-state index is 9.94. The molecule has 0 spiro atoms. The van der Waals surface area contributed by atoms with Crippen molar-refractivity contribution in [2.75, 3.05) is 38.5 Å². The van der Waals surface area contributed by atoms with Gasteiger partial charge in [0.1, 0.15) is 18.0 Å². The van der Waals surface area contributed by atoms with Crippen molar-refractivity contribution >= 4 is 11.8 Å². The van der Waals surface area contributed by atoms with Gasteiger partial charge in [-0.25, -0.2) is 0 Å². The molecule has 0 saturated carbocycles. The van der Waals surface area contributed by atoms with Gasteiger partial charge in [-0.1, -0.05) is 91.3 Å². The first-order chi connectivity index (χ1) is 20.2. The summed E-state index contributed by atoms with van der Waals surface area (Å²) in [4.78, 5) is 7.12. The van der Waals surface area contributed by atoms with Gasteiger partial charge >= 0.3 is 0 Å². The van der Waals surface area contributed by atoms with Crippen LogP contribution in [0.4, 0.5) is 0 Å². The standard InChI is InChI=1S/C35H39N5S/c36-25-33(26-37)35-39(21-22-41-28-31-14-10-13-30(23-31)27-38-17-8-3-9-18-38)19-20-40(35)34(32-15-6-2-7-16-32)24-29-11-4-1-5-12-29/h1-2,4-7,10-16,23,34H,3,8-9,17-22,24,27-28H2. The van der Waals surface area contributed by atoms with Crippen molar-refractivity contribution in [1.29, 1.82) is 10.5 Å². The Balaban J connectivity index is 1.25. The number of hydrogen-bond acceptors (Lipinski definition) is 6. The van der Waals surface area contributed by atoms with E-state index >= 15 is 0 Å². The number of thioether (sulfide) groups is 1. The van der Waals surface area contributed by atoms with Gasteiger partial charge in [-0.15, -0.1) is 0 Å². The van der Waals surface area contributed by atoms with Gasteiger partial charge in [0.05, 0.1) is 6.04 Å². The number of rotatable bonds is 11. The molecule has 6 heteroatoms. The Bertz CT molecular complexity index is 1350. The quantitative estimate of drug-likeness (QED) is 0.190. The molecule has 0 radical (unpaired) electrons. The van der Waals surface area contributed by atoms with E-state index in [4.69, 9.17) is 0 Å². The highest BCUT2D eigenvalue weighted by molar-refractivity contribution is 7.98. The van der Waals surface area contributed by atoms with Crippen molar-refractivity contribution in [2.45, 2.75) is 44.0 Å². The maximum Gasteiger partial charge on any atom is 0.169 e. The molecule has 2 heterocycles. The number of nitriles is 2. The summed E-state index contributed by atoms with van der Waals surface area (Å²) < 4.78 is 0. The Morgan fingerprint density at radius 1 is 0.756 bits per heavy atom. The molecule has 5 nitrogen and oxygen atoms in total. The van der Waals surface area contributed by atoms with Crippen molar-refractivity contribution in [3.8, 4) is 12.1 Å². The van der Waals surface area contributed by atoms with Crippen molar-refractivity contribution in [3.05, 3.63) is 119 Å². The van der Waals surface area contributed by atoms with Crippen LogP contribution in [0.3, 0.4) is 0 Å². The molecule has 0 aromatic heterocycles. The van der Waals surface area contributed by atoms with Crippen molar-refractivity contribution < 1.29 is 0 Å². The predicted molar refractivity (Wildman–Crippen MR) is 168 cm³/mol. The second-order valence-electron chi connectivity index (χ2n) is 10.9. The van der Waals surface area contributed by atoms with Crippen LogP contribution in [-0.2, 0) is 18.7 Å². The number of piperidine rings is 1. The minimum absolute atomic E-state index is 0.0468. The molecule has 2 fully saturated rings. The third-order valence-electron chi connectivity index (χ3n) is 8.08. The summed E-state index contributed by atoms with van der Waals surface area (Å²) in [6.45, 7) is 5.89. The molecule has 2 aliphatic rings. The van der Waals surface area contributed by atoms with Crippen LogP contribution in [0.5, 0.6) is 0 Å². The zero-order valence-electron chi connectivity index (χ0n) is 23.8. The second kappa shape index (κ2) is 14.8. The number of benzene rings is 3. The molecule has 3 aromatic rings. The van der Waals surface area contributed by atoms with Crippen LogP contribution in [0, 0.1) is 22.7 Å². The van der Waals surface area contributed by atoms with Crippen LogP contribution in [-0.4, -0.2) is 53.2 Å². The van der Waals surface area contributed by atoms with E-state index < -0.39 is 0 Å². The Morgan fingerprint density at radius 2 is 1.44 bits per heavy atom. The summed E-state index contributed by atoms with van der Waals surface area (Å²) in [5.41, 5.74) is 5.41. The van der Waals surface area contributed by atoms with E-state index in [-0.39, 0.29) is 11.6 Å². The highest BCUT2D eigenvalue weighted by Crippen LogP contribution is 2.34. The topological polar surface area (TPSA) is 57.3 Å².